The van der Waals surface area contributed by atoms with E-state index >= 15 is 0 Å². The molecule has 1 aromatic carbocycles. The molecule has 1 N–H and O–H groups in total. The fourth-order valence-corrected chi connectivity index (χ4v) is 2.10. The molecule has 0 aliphatic heterocycles. The van der Waals surface area contributed by atoms with Crippen molar-refractivity contribution in [3.05, 3.63) is 59.9 Å². The summed E-state index contributed by atoms with van der Waals surface area (Å²) in [4.78, 5) is 23.9. The predicted octanol–water partition coefficient (Wildman–Crippen LogP) is 2.98. The summed E-state index contributed by atoms with van der Waals surface area (Å²) in [5.41, 5.74) is 0.520. The number of hydrogen-bond donors (Lipinski definition) is 1. The van der Waals surface area contributed by atoms with Gasteiger partial charge in [0.05, 0.1) is 0 Å². The van der Waals surface area contributed by atoms with Gasteiger partial charge in [0.25, 0.3) is 5.91 Å². The van der Waals surface area contributed by atoms with E-state index in [4.69, 9.17) is 4.74 Å². The molecular formula is C14H10N4O2S. The van der Waals surface area contributed by atoms with E-state index in [1.165, 1.54) is 11.3 Å². The summed E-state index contributed by atoms with van der Waals surface area (Å²) in [6.07, 6.45) is 4.83. The third kappa shape index (κ3) is 3.40. The maximum absolute atomic E-state index is 12.0. The topological polar surface area (TPSA) is 77.0 Å². The Hall–Kier alpha value is -2.80. The molecule has 104 valence electrons. The number of nitrogens with zero attached hydrogens (tertiary/aromatic N) is 3. The fraction of sp³-hybridized carbons (Fsp3) is 0. The number of carbonyl (C=O) groups is 1. The van der Waals surface area contributed by atoms with Crippen LogP contribution in [0, 0.1) is 0 Å². The molecular weight excluding hydrogens is 288 g/mol. The Morgan fingerprint density at radius 1 is 1.05 bits per heavy atom. The maximum Gasteiger partial charge on any atom is 0.321 e. The number of nitrogens with one attached hydrogen (secondary N) is 1. The van der Waals surface area contributed by atoms with Crippen LogP contribution in [0.3, 0.4) is 0 Å². The quantitative estimate of drug-likeness (QED) is 0.801. The Balaban J connectivity index is 1.68. The van der Waals surface area contributed by atoms with Crippen LogP contribution >= 0.6 is 11.3 Å². The van der Waals surface area contributed by atoms with E-state index in [1.54, 1.807) is 54.3 Å². The summed E-state index contributed by atoms with van der Waals surface area (Å²) in [6.45, 7) is 0. The van der Waals surface area contributed by atoms with Crippen LogP contribution in [0.15, 0.2) is 54.3 Å². The van der Waals surface area contributed by atoms with E-state index in [2.05, 4.69) is 20.3 Å². The molecule has 2 heterocycles. The first-order valence-corrected chi connectivity index (χ1v) is 6.95. The van der Waals surface area contributed by atoms with Crippen molar-refractivity contribution in [3.8, 4) is 11.8 Å². The summed E-state index contributed by atoms with van der Waals surface area (Å²) in [5.74, 6) is 0.347. The van der Waals surface area contributed by atoms with Gasteiger partial charge in [-0.25, -0.2) is 15.0 Å². The molecule has 2 aromatic heterocycles. The molecule has 0 unspecified atom stereocenters. The largest absolute Gasteiger partial charge is 0.424 e. The van der Waals surface area contributed by atoms with Crippen LogP contribution in [-0.2, 0) is 0 Å². The Kier molecular flexibility index (Phi) is 3.83. The molecule has 0 saturated heterocycles. The van der Waals surface area contributed by atoms with Gasteiger partial charge in [-0.15, -0.1) is 11.3 Å². The highest BCUT2D eigenvalue weighted by molar-refractivity contribution is 7.13. The second-order valence-corrected chi connectivity index (χ2v) is 4.84. The number of thiazole rings is 1. The van der Waals surface area contributed by atoms with Crippen LogP contribution in [0.4, 0.5) is 5.13 Å². The van der Waals surface area contributed by atoms with Crippen molar-refractivity contribution >= 4 is 22.4 Å². The number of amides is 1. The van der Waals surface area contributed by atoms with E-state index in [1.807, 2.05) is 0 Å². The van der Waals surface area contributed by atoms with Crippen molar-refractivity contribution in [1.29, 1.82) is 0 Å². The number of carbonyl (C=O) groups excluding carboxylic acids is 1. The molecule has 0 fully saturated rings. The van der Waals surface area contributed by atoms with Gasteiger partial charge in [0, 0.05) is 29.5 Å². The minimum Gasteiger partial charge on any atom is -0.424 e. The van der Waals surface area contributed by atoms with Crippen molar-refractivity contribution in [2.45, 2.75) is 0 Å². The van der Waals surface area contributed by atoms with Crippen LogP contribution in [0.1, 0.15) is 10.4 Å². The number of aromatic nitrogens is 3. The van der Waals surface area contributed by atoms with Crippen molar-refractivity contribution in [2.24, 2.45) is 0 Å². The van der Waals surface area contributed by atoms with Crippen molar-refractivity contribution in [3.63, 3.8) is 0 Å². The number of ether oxygens (including phenoxy) is 1. The van der Waals surface area contributed by atoms with Crippen LogP contribution in [0.2, 0.25) is 0 Å². The lowest BCUT2D eigenvalue weighted by Gasteiger charge is -2.05. The van der Waals surface area contributed by atoms with E-state index < -0.39 is 0 Å². The molecule has 0 aliphatic carbocycles. The Bertz CT molecular complexity index is 714. The van der Waals surface area contributed by atoms with Crippen LogP contribution < -0.4 is 10.1 Å². The van der Waals surface area contributed by atoms with E-state index in [-0.39, 0.29) is 11.9 Å². The van der Waals surface area contributed by atoms with Gasteiger partial charge in [0.15, 0.2) is 5.13 Å². The maximum atomic E-state index is 12.0. The highest BCUT2D eigenvalue weighted by Crippen LogP contribution is 2.18. The van der Waals surface area contributed by atoms with Gasteiger partial charge in [-0.05, 0) is 30.3 Å². The molecule has 3 aromatic rings. The summed E-state index contributed by atoms with van der Waals surface area (Å²) in [7, 11) is 0. The van der Waals surface area contributed by atoms with Gasteiger partial charge < -0.3 is 4.74 Å². The Morgan fingerprint density at radius 2 is 1.81 bits per heavy atom. The third-order valence-electron chi connectivity index (χ3n) is 2.52. The molecule has 3 rings (SSSR count). The smallest absolute Gasteiger partial charge is 0.321 e. The molecule has 7 heteroatoms. The Labute approximate surface area is 124 Å². The minimum atomic E-state index is -0.215. The zero-order valence-electron chi connectivity index (χ0n) is 10.8. The van der Waals surface area contributed by atoms with Crippen LogP contribution in [0.25, 0.3) is 0 Å². The molecule has 0 bridgehead atoms. The first-order valence-electron chi connectivity index (χ1n) is 6.07. The fourth-order valence-electron chi connectivity index (χ4n) is 1.57. The van der Waals surface area contributed by atoms with Gasteiger partial charge in [-0.1, -0.05) is 0 Å². The number of rotatable bonds is 4. The summed E-state index contributed by atoms with van der Waals surface area (Å²) >= 11 is 1.37. The molecule has 0 radical (unpaired) electrons. The average molecular weight is 298 g/mol. The summed E-state index contributed by atoms with van der Waals surface area (Å²) in [5, 5.41) is 5.08. The van der Waals surface area contributed by atoms with Crippen molar-refractivity contribution in [2.75, 3.05) is 5.32 Å². The molecule has 0 atom stereocenters. The van der Waals surface area contributed by atoms with Gasteiger partial charge in [-0.2, -0.15) is 0 Å². The zero-order chi connectivity index (χ0) is 14.5. The third-order valence-corrected chi connectivity index (χ3v) is 3.21. The van der Waals surface area contributed by atoms with Crippen molar-refractivity contribution < 1.29 is 9.53 Å². The van der Waals surface area contributed by atoms with Gasteiger partial charge >= 0.3 is 6.01 Å². The van der Waals surface area contributed by atoms with Crippen molar-refractivity contribution in [1.82, 2.24) is 15.0 Å². The lowest BCUT2D eigenvalue weighted by Crippen LogP contribution is -2.11. The van der Waals surface area contributed by atoms with Gasteiger partial charge in [0.1, 0.15) is 5.75 Å². The number of benzene rings is 1. The summed E-state index contributed by atoms with van der Waals surface area (Å²) in [6, 6.07) is 8.68. The first kappa shape index (κ1) is 13.2. The zero-order valence-corrected chi connectivity index (χ0v) is 11.6. The Morgan fingerprint density at radius 3 is 2.48 bits per heavy atom. The summed E-state index contributed by atoms with van der Waals surface area (Å²) < 4.78 is 5.45. The molecule has 1 amide bonds. The second-order valence-electron chi connectivity index (χ2n) is 3.95. The normalized spacial score (nSPS) is 10.1. The monoisotopic (exact) mass is 298 g/mol. The molecule has 0 saturated carbocycles. The predicted molar refractivity (Wildman–Crippen MR) is 78.6 cm³/mol. The lowest BCUT2D eigenvalue weighted by molar-refractivity contribution is 0.102. The lowest BCUT2D eigenvalue weighted by atomic mass is 10.2. The number of anilines is 1. The van der Waals surface area contributed by atoms with E-state index in [0.717, 1.165) is 0 Å². The van der Waals surface area contributed by atoms with Crippen LogP contribution in [-0.4, -0.2) is 20.9 Å². The molecule has 0 spiro atoms. The first-order chi connectivity index (χ1) is 10.3. The molecule has 6 nitrogen and oxygen atoms in total. The van der Waals surface area contributed by atoms with Gasteiger partial charge in [0.2, 0.25) is 0 Å². The molecule has 0 aliphatic rings. The van der Waals surface area contributed by atoms with E-state index in [0.29, 0.717) is 16.4 Å². The second kappa shape index (κ2) is 6.10. The number of hydrogen-bond acceptors (Lipinski definition) is 6. The highest BCUT2D eigenvalue weighted by Gasteiger charge is 2.08. The van der Waals surface area contributed by atoms with E-state index in [9.17, 15) is 4.79 Å². The van der Waals surface area contributed by atoms with Gasteiger partial charge in [-0.3, -0.25) is 10.1 Å². The average Bonchev–Trinajstić information content (AvgIpc) is 3.02. The SMILES string of the molecule is O=C(Nc1nccs1)c1ccc(Oc2ncccn2)cc1. The van der Waals surface area contributed by atoms with Crippen LogP contribution in [0.5, 0.6) is 11.8 Å². The standard InChI is InChI=1S/C14H10N4O2S/c19-12(18-14-17-8-9-21-14)10-2-4-11(5-3-10)20-13-15-6-1-7-16-13/h1-9H,(H,17,18,19). The highest BCUT2D eigenvalue weighted by atomic mass is 32.1. The minimum absolute atomic E-state index is 0.215. The molecule has 21 heavy (non-hydrogen) atoms.